The van der Waals surface area contributed by atoms with Gasteiger partial charge in [0.25, 0.3) is 0 Å². The number of likely N-dealkylation sites (tertiary alicyclic amines) is 1. The van der Waals surface area contributed by atoms with Gasteiger partial charge in [-0.05, 0) is 68.6 Å². The van der Waals surface area contributed by atoms with Crippen LogP contribution in [0.1, 0.15) is 105 Å². The lowest BCUT2D eigenvalue weighted by Crippen LogP contribution is -2.61. The summed E-state index contributed by atoms with van der Waals surface area (Å²) in [6, 6.07) is 0.0336. The Balaban J connectivity index is 2.38. The van der Waals surface area contributed by atoms with Gasteiger partial charge in [-0.15, -0.1) is 0 Å². The van der Waals surface area contributed by atoms with Crippen molar-refractivity contribution >= 4 is 47.3 Å². The summed E-state index contributed by atoms with van der Waals surface area (Å²) in [4.78, 5) is 100. The Morgan fingerprint density at radius 1 is 0.780 bits per heavy atom. The Labute approximate surface area is 348 Å². The molecule has 0 saturated carbocycles. The van der Waals surface area contributed by atoms with Crippen LogP contribution in [0.25, 0.3) is 0 Å². The van der Waals surface area contributed by atoms with Gasteiger partial charge in [0.1, 0.15) is 42.0 Å². The van der Waals surface area contributed by atoms with Crippen LogP contribution in [-0.2, 0) is 40.0 Å². The predicted molar refractivity (Wildman–Crippen MR) is 224 cm³/mol. The van der Waals surface area contributed by atoms with Crippen LogP contribution in [0.3, 0.4) is 0 Å². The molecule has 2 rings (SSSR count). The zero-order chi connectivity index (χ0) is 44.2. The highest BCUT2D eigenvalue weighted by Crippen LogP contribution is 2.21. The molecule has 1 fully saturated rings. The predicted octanol–water partition coefficient (Wildman–Crippen LogP) is 0.452. The highest BCUT2D eigenvalue weighted by atomic mass is 16.3. The maximum absolute atomic E-state index is 14.1. The molecule has 1 aromatic rings. The molecule has 0 unspecified atom stereocenters. The fourth-order valence-corrected chi connectivity index (χ4v) is 6.86. The summed E-state index contributed by atoms with van der Waals surface area (Å²) in [6.45, 7) is 13.2. The lowest BCUT2D eigenvalue weighted by atomic mass is 9.96. The number of amides is 7. The van der Waals surface area contributed by atoms with Gasteiger partial charge in [-0.2, -0.15) is 0 Å². The number of aliphatic imine (C=N–C) groups is 1. The van der Waals surface area contributed by atoms with E-state index in [1.54, 1.807) is 32.9 Å². The van der Waals surface area contributed by atoms with Crippen molar-refractivity contribution in [2.24, 2.45) is 28.3 Å². The number of phenols is 1. The van der Waals surface area contributed by atoms with Gasteiger partial charge in [0.05, 0.1) is 0 Å². The molecule has 1 aromatic carbocycles. The standard InChI is InChI=1S/C41H68N10O8/c1-8-14-29(47-36(55)31(23-27-17-19-28(53)20-18-27)49-38(57)33(24(5)9-2)46-26(7)52)35(54)50-34(25(6)10-3)39(58)48-30(15-12-21-45-41(42)43)40(59)51-22-13-16-32(51)37(56)44-11-4/h17-20,24-25,29-34,53H,8-16,21-23H2,1-7H3,(H,44,56)(H,46,52)(H,47,55)(H,48,58)(H,49,57)(H,50,54)(H4,42,43,45)/t24-,25-,29-,30-,31-,32-,33+,34+/m0/s1. The molecular weight excluding hydrogens is 761 g/mol. The van der Waals surface area contributed by atoms with E-state index in [9.17, 15) is 38.7 Å². The first-order valence-electron chi connectivity index (χ1n) is 20.9. The number of likely N-dealkylation sites (N-methyl/N-ethyl adjacent to an activating group) is 1. The van der Waals surface area contributed by atoms with Gasteiger partial charge in [-0.3, -0.25) is 38.6 Å². The van der Waals surface area contributed by atoms with Gasteiger partial charge in [0.2, 0.25) is 41.4 Å². The Morgan fingerprint density at radius 3 is 1.88 bits per heavy atom. The molecular formula is C41H68N10O8. The Hall–Kier alpha value is -5.42. The fraction of sp³-hybridized carbons (Fsp3) is 0.659. The molecule has 0 radical (unpaired) electrons. The molecule has 7 amide bonds. The summed E-state index contributed by atoms with van der Waals surface area (Å²) in [5.74, 6) is -4.39. The van der Waals surface area contributed by atoms with Crippen LogP contribution < -0.4 is 43.4 Å². The van der Waals surface area contributed by atoms with E-state index in [1.165, 1.54) is 24.0 Å². The third-order valence-corrected chi connectivity index (χ3v) is 10.6. The van der Waals surface area contributed by atoms with Crippen molar-refractivity contribution in [1.29, 1.82) is 0 Å². The van der Waals surface area contributed by atoms with Gasteiger partial charge in [-0.1, -0.05) is 66.0 Å². The quantitative estimate of drug-likeness (QED) is 0.0394. The van der Waals surface area contributed by atoms with E-state index in [1.807, 2.05) is 20.8 Å². The van der Waals surface area contributed by atoms with Gasteiger partial charge in [0.15, 0.2) is 5.96 Å². The lowest BCUT2D eigenvalue weighted by Gasteiger charge is -2.31. The average Bonchev–Trinajstić information content (AvgIpc) is 3.69. The normalized spacial score (nSPS) is 17.1. The molecule has 18 heteroatoms. The first kappa shape index (κ1) is 49.7. The van der Waals surface area contributed by atoms with Gasteiger partial charge in [0, 0.05) is 33.0 Å². The minimum Gasteiger partial charge on any atom is -0.508 e. The van der Waals surface area contributed by atoms with Crippen LogP contribution in [0.4, 0.5) is 0 Å². The second-order valence-electron chi connectivity index (χ2n) is 15.3. The van der Waals surface area contributed by atoms with Crippen LogP contribution >= 0.6 is 0 Å². The monoisotopic (exact) mass is 829 g/mol. The van der Waals surface area contributed by atoms with Crippen molar-refractivity contribution < 1.29 is 38.7 Å². The Bertz CT molecular complexity index is 1600. The fourth-order valence-electron chi connectivity index (χ4n) is 6.86. The number of guanidine groups is 1. The molecule has 0 spiro atoms. The van der Waals surface area contributed by atoms with Crippen molar-refractivity contribution in [2.75, 3.05) is 19.6 Å². The zero-order valence-electron chi connectivity index (χ0n) is 35.8. The molecule has 11 N–H and O–H groups in total. The van der Waals surface area contributed by atoms with Crippen LogP contribution in [0.5, 0.6) is 5.75 Å². The minimum absolute atomic E-state index is 0.0000940. The summed E-state index contributed by atoms with van der Waals surface area (Å²) in [5, 5.41) is 26.5. The molecule has 0 aromatic heterocycles. The zero-order valence-corrected chi connectivity index (χ0v) is 35.8. The third-order valence-electron chi connectivity index (χ3n) is 10.6. The number of carbonyl (C=O) groups is 7. The third kappa shape index (κ3) is 16.0. The first-order chi connectivity index (χ1) is 28.0. The van der Waals surface area contributed by atoms with Gasteiger partial charge in [-0.25, -0.2) is 0 Å². The van der Waals surface area contributed by atoms with Crippen molar-refractivity contribution in [3.63, 3.8) is 0 Å². The molecule has 0 bridgehead atoms. The highest BCUT2D eigenvalue weighted by Gasteiger charge is 2.39. The number of phenolic OH excluding ortho intramolecular Hbond substituents is 1. The van der Waals surface area contributed by atoms with Crippen LogP contribution in [-0.4, -0.2) is 113 Å². The summed E-state index contributed by atoms with van der Waals surface area (Å²) in [5.41, 5.74) is 11.6. The number of nitrogens with zero attached hydrogens (tertiary/aromatic N) is 2. The Kier molecular flexibility index (Phi) is 21.2. The molecule has 1 heterocycles. The smallest absolute Gasteiger partial charge is 0.245 e. The Morgan fingerprint density at radius 2 is 1.34 bits per heavy atom. The molecule has 1 aliphatic heterocycles. The van der Waals surface area contributed by atoms with Crippen LogP contribution in [0.2, 0.25) is 0 Å². The maximum atomic E-state index is 14.1. The molecule has 18 nitrogen and oxygen atoms in total. The van der Waals surface area contributed by atoms with Crippen molar-refractivity contribution in [1.82, 2.24) is 36.8 Å². The largest absolute Gasteiger partial charge is 0.508 e. The molecule has 1 saturated heterocycles. The van der Waals surface area contributed by atoms with Crippen molar-refractivity contribution in [2.45, 2.75) is 143 Å². The second-order valence-corrected chi connectivity index (χ2v) is 15.3. The SMILES string of the molecule is CCC[C@H](NC(=O)[C@H](Cc1ccc(O)cc1)NC(=O)[C@H](NC(C)=O)[C@@H](C)CC)C(=O)N[C@@H](C(=O)N[C@@H](CCCN=C(N)N)C(=O)N1CCC[C@H]1C(=O)NCC)[C@@H](C)CC. The molecule has 1 aliphatic rings. The van der Waals surface area contributed by atoms with E-state index in [-0.39, 0.29) is 49.3 Å². The highest BCUT2D eigenvalue weighted by molar-refractivity contribution is 5.97. The van der Waals surface area contributed by atoms with Crippen molar-refractivity contribution in [3.05, 3.63) is 29.8 Å². The number of carbonyl (C=O) groups excluding carboxylic acids is 7. The number of nitrogens with two attached hydrogens (primary N) is 2. The topological polar surface area (TPSA) is 280 Å². The number of rotatable bonds is 24. The average molecular weight is 829 g/mol. The maximum Gasteiger partial charge on any atom is 0.245 e. The van der Waals surface area contributed by atoms with E-state index in [0.717, 1.165) is 0 Å². The number of hydrogen-bond donors (Lipinski definition) is 9. The number of benzene rings is 1. The van der Waals surface area contributed by atoms with E-state index in [2.05, 4.69) is 36.9 Å². The summed E-state index contributed by atoms with van der Waals surface area (Å²) >= 11 is 0. The van der Waals surface area contributed by atoms with E-state index >= 15 is 0 Å². The lowest BCUT2D eigenvalue weighted by molar-refractivity contribution is -0.142. The molecule has 330 valence electrons. The van der Waals surface area contributed by atoms with E-state index < -0.39 is 77.6 Å². The van der Waals surface area contributed by atoms with Crippen LogP contribution in [0.15, 0.2) is 29.3 Å². The molecule has 59 heavy (non-hydrogen) atoms. The minimum atomic E-state index is -1.19. The number of aromatic hydroxyl groups is 1. The number of hydrogen-bond acceptors (Lipinski definition) is 9. The summed E-state index contributed by atoms with van der Waals surface area (Å²) < 4.78 is 0. The van der Waals surface area contributed by atoms with Gasteiger partial charge >= 0.3 is 0 Å². The van der Waals surface area contributed by atoms with E-state index in [0.29, 0.717) is 57.2 Å². The van der Waals surface area contributed by atoms with Crippen molar-refractivity contribution in [3.8, 4) is 5.75 Å². The number of nitrogens with one attached hydrogen (secondary N) is 6. The van der Waals surface area contributed by atoms with Crippen LogP contribution in [0, 0.1) is 11.8 Å². The summed E-state index contributed by atoms with van der Waals surface area (Å²) in [7, 11) is 0. The second kappa shape index (κ2) is 25.2. The first-order valence-corrected chi connectivity index (χ1v) is 20.9. The van der Waals surface area contributed by atoms with Gasteiger partial charge < -0.3 is 53.4 Å². The molecule has 8 atom stereocenters. The van der Waals surface area contributed by atoms with E-state index in [4.69, 9.17) is 11.5 Å². The molecule has 0 aliphatic carbocycles. The summed E-state index contributed by atoms with van der Waals surface area (Å²) in [6.07, 6.45) is 3.30.